The number of hydrogen-bond acceptors (Lipinski definition) is 6. The van der Waals surface area contributed by atoms with Crippen LogP contribution in [0, 0.1) is 5.92 Å². The molecule has 1 saturated heterocycles. The summed E-state index contributed by atoms with van der Waals surface area (Å²) in [5.41, 5.74) is 4.15. The van der Waals surface area contributed by atoms with Crippen molar-refractivity contribution in [1.29, 1.82) is 0 Å². The van der Waals surface area contributed by atoms with Crippen LogP contribution in [0.25, 0.3) is 22.3 Å². The number of fused-ring (bicyclic) bond motifs is 1. The Morgan fingerprint density at radius 1 is 1.21 bits per heavy atom. The van der Waals surface area contributed by atoms with Crippen LogP contribution in [0.5, 0.6) is 0 Å². The monoisotopic (exact) mass is 389 g/mol. The number of benzene rings is 1. The Bertz CT molecular complexity index is 980. The van der Waals surface area contributed by atoms with Crippen LogP contribution in [0.2, 0.25) is 0 Å². The molecular weight excluding hydrogens is 362 g/mol. The fourth-order valence-electron chi connectivity index (χ4n) is 3.78. The Morgan fingerprint density at radius 3 is 2.79 bits per heavy atom. The van der Waals surface area contributed by atoms with Crippen LogP contribution in [0.15, 0.2) is 42.7 Å². The topological polar surface area (TPSA) is 79.8 Å². The first-order valence-electron chi connectivity index (χ1n) is 10.4. The smallest absolute Gasteiger partial charge is 0.162 e. The maximum Gasteiger partial charge on any atom is 0.162 e. The molecule has 0 bridgehead atoms. The molecule has 1 aromatic carbocycles. The highest BCUT2D eigenvalue weighted by Gasteiger charge is 2.15. The molecule has 4 rings (SSSR count). The fourth-order valence-corrected chi connectivity index (χ4v) is 3.78. The molecular formula is C23H27N5O. The molecule has 0 aliphatic carbocycles. The van der Waals surface area contributed by atoms with Gasteiger partial charge in [0.25, 0.3) is 0 Å². The van der Waals surface area contributed by atoms with Crippen molar-refractivity contribution in [2.75, 3.05) is 25.0 Å². The van der Waals surface area contributed by atoms with Crippen molar-refractivity contribution in [3.05, 3.63) is 48.3 Å². The molecule has 29 heavy (non-hydrogen) atoms. The molecule has 1 fully saturated rings. The van der Waals surface area contributed by atoms with Gasteiger partial charge < -0.3 is 10.6 Å². The second-order valence-electron chi connectivity index (χ2n) is 7.62. The Hall–Kier alpha value is -2.86. The number of piperidine rings is 1. The van der Waals surface area contributed by atoms with Crippen LogP contribution in [-0.4, -0.2) is 40.4 Å². The molecule has 0 spiro atoms. The highest BCUT2D eigenvalue weighted by molar-refractivity contribution is 5.96. The number of aromatic nitrogens is 3. The highest BCUT2D eigenvalue weighted by atomic mass is 16.1. The average molecular weight is 390 g/mol. The van der Waals surface area contributed by atoms with Gasteiger partial charge in [0.2, 0.25) is 0 Å². The summed E-state index contributed by atoms with van der Waals surface area (Å²) in [6, 6.07) is 9.65. The van der Waals surface area contributed by atoms with E-state index in [1.807, 2.05) is 37.3 Å². The molecule has 6 nitrogen and oxygen atoms in total. The molecule has 3 aromatic rings. The summed E-state index contributed by atoms with van der Waals surface area (Å²) in [7, 11) is 0. The highest BCUT2D eigenvalue weighted by Crippen LogP contribution is 2.26. The SMILES string of the molecule is CCCC(=O)c1ccc(-c2cc3nccnc3c(NCC3CCCNC3)n2)cc1. The number of nitrogens with zero attached hydrogens (tertiary/aromatic N) is 3. The summed E-state index contributed by atoms with van der Waals surface area (Å²) in [6.45, 7) is 5.02. The van der Waals surface area contributed by atoms with E-state index in [1.165, 1.54) is 12.8 Å². The van der Waals surface area contributed by atoms with E-state index in [9.17, 15) is 4.79 Å². The summed E-state index contributed by atoms with van der Waals surface area (Å²) >= 11 is 0. The number of hydrogen-bond donors (Lipinski definition) is 2. The zero-order chi connectivity index (χ0) is 20.1. The van der Waals surface area contributed by atoms with E-state index in [4.69, 9.17) is 4.98 Å². The number of Topliss-reactive ketones (excluding diaryl/α,β-unsaturated/α-hetero) is 1. The number of carbonyl (C=O) groups excluding carboxylic acids is 1. The second kappa shape index (κ2) is 9.09. The van der Waals surface area contributed by atoms with Gasteiger partial charge in [-0.15, -0.1) is 0 Å². The van der Waals surface area contributed by atoms with Gasteiger partial charge in [-0.25, -0.2) is 9.97 Å². The second-order valence-corrected chi connectivity index (χ2v) is 7.62. The van der Waals surface area contributed by atoms with Crippen LogP contribution < -0.4 is 10.6 Å². The summed E-state index contributed by atoms with van der Waals surface area (Å²) in [5.74, 6) is 1.53. The lowest BCUT2D eigenvalue weighted by atomic mass is 10.00. The zero-order valence-electron chi connectivity index (χ0n) is 16.8. The van der Waals surface area contributed by atoms with Gasteiger partial charge in [-0.3, -0.25) is 9.78 Å². The molecule has 0 amide bonds. The van der Waals surface area contributed by atoms with Crippen molar-refractivity contribution in [3.8, 4) is 11.3 Å². The summed E-state index contributed by atoms with van der Waals surface area (Å²) in [4.78, 5) is 25.9. The molecule has 0 radical (unpaired) electrons. The Morgan fingerprint density at radius 2 is 2.03 bits per heavy atom. The summed E-state index contributed by atoms with van der Waals surface area (Å²) < 4.78 is 0. The maximum atomic E-state index is 12.1. The number of nitrogens with one attached hydrogen (secondary N) is 2. The van der Waals surface area contributed by atoms with E-state index in [0.717, 1.165) is 59.7 Å². The van der Waals surface area contributed by atoms with E-state index in [-0.39, 0.29) is 5.78 Å². The molecule has 2 aromatic heterocycles. The summed E-state index contributed by atoms with van der Waals surface area (Å²) in [5, 5.41) is 6.96. The summed E-state index contributed by atoms with van der Waals surface area (Å²) in [6.07, 6.45) is 7.27. The Balaban J connectivity index is 1.61. The van der Waals surface area contributed by atoms with E-state index < -0.39 is 0 Å². The van der Waals surface area contributed by atoms with Gasteiger partial charge >= 0.3 is 0 Å². The van der Waals surface area contributed by atoms with Crippen molar-refractivity contribution >= 4 is 22.6 Å². The van der Waals surface area contributed by atoms with Gasteiger partial charge in [0.05, 0.1) is 11.2 Å². The molecule has 150 valence electrons. The van der Waals surface area contributed by atoms with Crippen molar-refractivity contribution in [2.24, 2.45) is 5.92 Å². The fraction of sp³-hybridized carbons (Fsp3) is 0.391. The Kier molecular flexibility index (Phi) is 6.10. The van der Waals surface area contributed by atoms with E-state index in [1.54, 1.807) is 12.4 Å². The number of rotatable bonds is 7. The van der Waals surface area contributed by atoms with Crippen molar-refractivity contribution in [2.45, 2.75) is 32.6 Å². The standard InChI is InChI=1S/C23H27N5O/c1-2-4-21(29)18-8-6-17(7-9-18)19-13-20-22(26-12-11-25-20)23(28-19)27-15-16-5-3-10-24-14-16/h6-9,11-13,16,24H,2-5,10,14-15H2,1H3,(H,27,28). The number of ketones is 1. The minimum atomic E-state index is 0.180. The lowest BCUT2D eigenvalue weighted by Gasteiger charge is -2.23. The van der Waals surface area contributed by atoms with Crippen molar-refractivity contribution < 1.29 is 4.79 Å². The van der Waals surface area contributed by atoms with E-state index in [0.29, 0.717) is 12.3 Å². The lowest BCUT2D eigenvalue weighted by molar-refractivity contribution is 0.0982. The predicted octanol–water partition coefficient (Wildman–Crippen LogP) is 4.09. The van der Waals surface area contributed by atoms with E-state index in [2.05, 4.69) is 20.6 Å². The molecule has 1 aliphatic heterocycles. The normalized spacial score (nSPS) is 16.7. The van der Waals surface area contributed by atoms with Gasteiger partial charge in [0.15, 0.2) is 11.6 Å². The third-order valence-corrected chi connectivity index (χ3v) is 5.39. The first-order chi connectivity index (χ1) is 14.2. The zero-order valence-corrected chi connectivity index (χ0v) is 16.8. The maximum absolute atomic E-state index is 12.1. The number of carbonyl (C=O) groups is 1. The lowest BCUT2D eigenvalue weighted by Crippen LogP contribution is -2.33. The van der Waals surface area contributed by atoms with Crippen molar-refractivity contribution in [3.63, 3.8) is 0 Å². The van der Waals surface area contributed by atoms with E-state index >= 15 is 0 Å². The van der Waals surface area contributed by atoms with Crippen LogP contribution in [0.3, 0.4) is 0 Å². The quantitative estimate of drug-likeness (QED) is 0.593. The molecule has 1 unspecified atom stereocenters. The molecule has 1 aliphatic rings. The third kappa shape index (κ3) is 4.59. The minimum Gasteiger partial charge on any atom is -0.368 e. The van der Waals surface area contributed by atoms with Crippen LogP contribution in [0.4, 0.5) is 5.82 Å². The first kappa shape index (κ1) is 19.5. The molecule has 6 heteroatoms. The Labute approximate surface area is 171 Å². The molecule has 3 heterocycles. The van der Waals surface area contributed by atoms with Gasteiger partial charge in [-0.05, 0) is 44.3 Å². The molecule has 1 atom stereocenters. The molecule has 0 saturated carbocycles. The van der Waals surface area contributed by atoms with Crippen LogP contribution in [0.1, 0.15) is 43.0 Å². The van der Waals surface area contributed by atoms with Crippen molar-refractivity contribution in [1.82, 2.24) is 20.3 Å². The van der Waals surface area contributed by atoms with Gasteiger partial charge in [0.1, 0.15) is 5.52 Å². The van der Waals surface area contributed by atoms with Gasteiger partial charge in [-0.2, -0.15) is 0 Å². The third-order valence-electron chi connectivity index (χ3n) is 5.39. The largest absolute Gasteiger partial charge is 0.368 e. The van der Waals surface area contributed by atoms with Gasteiger partial charge in [0, 0.05) is 36.5 Å². The minimum absolute atomic E-state index is 0.180. The van der Waals surface area contributed by atoms with Crippen LogP contribution >= 0.6 is 0 Å². The predicted molar refractivity (Wildman–Crippen MR) is 116 cm³/mol. The number of pyridine rings is 1. The van der Waals surface area contributed by atoms with Gasteiger partial charge in [-0.1, -0.05) is 31.2 Å². The number of anilines is 1. The first-order valence-corrected chi connectivity index (χ1v) is 10.4. The molecule has 2 N–H and O–H groups in total. The average Bonchev–Trinajstić information content (AvgIpc) is 2.78. The van der Waals surface area contributed by atoms with Crippen LogP contribution in [-0.2, 0) is 0 Å².